The van der Waals surface area contributed by atoms with Crippen LogP contribution in [-0.4, -0.2) is 19.0 Å². The zero-order valence-electron chi connectivity index (χ0n) is 8.37. The second-order valence-corrected chi connectivity index (χ2v) is 3.17. The van der Waals surface area contributed by atoms with Crippen LogP contribution in [0.4, 0.5) is 0 Å². The number of esters is 1. The predicted octanol–water partition coefficient (Wildman–Crippen LogP) is 2.07. The van der Waals surface area contributed by atoms with Crippen molar-refractivity contribution < 1.29 is 9.53 Å². The van der Waals surface area contributed by atoms with Crippen molar-refractivity contribution in [3.05, 3.63) is 35.9 Å². The van der Waals surface area contributed by atoms with Crippen LogP contribution in [0.2, 0.25) is 0 Å². The molecule has 0 aliphatic heterocycles. The lowest BCUT2D eigenvalue weighted by atomic mass is 10.1. The van der Waals surface area contributed by atoms with Crippen LogP contribution in [0.3, 0.4) is 0 Å². The summed E-state index contributed by atoms with van der Waals surface area (Å²) in [7, 11) is 1.33. The first-order chi connectivity index (χ1) is 7.27. The van der Waals surface area contributed by atoms with E-state index in [4.69, 9.17) is 11.6 Å². The molecule has 78 valence electrons. The van der Waals surface area contributed by atoms with E-state index in [0.717, 1.165) is 5.56 Å². The minimum Gasteiger partial charge on any atom is -0.468 e. The van der Waals surface area contributed by atoms with Crippen LogP contribution in [0.25, 0.3) is 0 Å². The molecule has 0 aliphatic carbocycles. The Morgan fingerprint density at radius 3 is 2.67 bits per heavy atom. The quantitative estimate of drug-likeness (QED) is 0.435. The van der Waals surface area contributed by atoms with Gasteiger partial charge in [-0.05, 0) is 12.1 Å². The maximum atomic E-state index is 11.2. The van der Waals surface area contributed by atoms with Gasteiger partial charge in [-0.2, -0.15) is 0 Å². The normalized spacial score (nSPS) is 11.1. The maximum Gasteiger partial charge on any atom is 0.322 e. The fourth-order valence-electron chi connectivity index (χ4n) is 0.995. The fraction of sp³-hybridized carbons (Fsp3) is 0.250. The number of alkyl halides is 1. The first kappa shape index (κ1) is 11.6. The molecule has 0 heterocycles. The Morgan fingerprint density at radius 1 is 1.47 bits per heavy atom. The number of carbonyl (C=O) groups is 1. The lowest BCUT2D eigenvalue weighted by molar-refractivity contribution is -0.142. The molecule has 1 rings (SSSR count). The highest BCUT2D eigenvalue weighted by atomic mass is 35.5. The van der Waals surface area contributed by atoms with Gasteiger partial charge >= 0.3 is 5.97 Å². The van der Waals surface area contributed by atoms with Crippen molar-refractivity contribution in [3.63, 3.8) is 0 Å². The molecular formula is C12H11ClO2. The summed E-state index contributed by atoms with van der Waals surface area (Å²) in [5, 5.41) is 0. The zero-order chi connectivity index (χ0) is 11.1. The predicted molar refractivity (Wildman–Crippen MR) is 59.5 cm³/mol. The van der Waals surface area contributed by atoms with E-state index in [1.807, 2.05) is 30.3 Å². The highest BCUT2D eigenvalue weighted by Gasteiger charge is 2.14. The maximum absolute atomic E-state index is 11.2. The highest BCUT2D eigenvalue weighted by Crippen LogP contribution is 2.02. The van der Waals surface area contributed by atoms with E-state index in [-0.39, 0.29) is 5.88 Å². The Bertz CT molecular complexity index is 376. The monoisotopic (exact) mass is 222 g/mol. The Balaban J connectivity index is 2.75. The van der Waals surface area contributed by atoms with Gasteiger partial charge in [0.15, 0.2) is 0 Å². The van der Waals surface area contributed by atoms with E-state index in [1.54, 1.807) is 0 Å². The molecule has 1 aromatic carbocycles. The Hall–Kier alpha value is -1.46. The SMILES string of the molecule is COC(=O)C(C#Cc1ccccc1)CCl. The summed E-state index contributed by atoms with van der Waals surface area (Å²) in [4.78, 5) is 11.2. The van der Waals surface area contributed by atoms with Crippen molar-refractivity contribution in [2.45, 2.75) is 0 Å². The van der Waals surface area contributed by atoms with Crippen LogP contribution < -0.4 is 0 Å². The van der Waals surface area contributed by atoms with Crippen molar-refractivity contribution in [3.8, 4) is 11.8 Å². The van der Waals surface area contributed by atoms with Crippen molar-refractivity contribution in [1.82, 2.24) is 0 Å². The van der Waals surface area contributed by atoms with Crippen molar-refractivity contribution in [2.75, 3.05) is 13.0 Å². The molecule has 0 radical (unpaired) electrons. The summed E-state index contributed by atoms with van der Waals surface area (Å²) >= 11 is 5.60. The second kappa shape index (κ2) is 6.10. The summed E-state index contributed by atoms with van der Waals surface area (Å²) in [5.41, 5.74) is 0.858. The molecule has 1 atom stereocenters. The smallest absolute Gasteiger partial charge is 0.322 e. The molecule has 0 aliphatic rings. The summed E-state index contributed by atoms with van der Waals surface area (Å²) in [5.74, 6) is 4.85. The molecule has 0 bridgehead atoms. The summed E-state index contributed by atoms with van der Waals surface area (Å²) in [6.45, 7) is 0. The van der Waals surface area contributed by atoms with Crippen molar-refractivity contribution in [2.24, 2.45) is 5.92 Å². The third-order valence-electron chi connectivity index (χ3n) is 1.80. The van der Waals surface area contributed by atoms with Gasteiger partial charge in [-0.15, -0.1) is 11.6 Å². The largest absolute Gasteiger partial charge is 0.468 e. The van der Waals surface area contributed by atoms with Gasteiger partial charge in [0.2, 0.25) is 0 Å². The zero-order valence-corrected chi connectivity index (χ0v) is 9.12. The number of hydrogen-bond acceptors (Lipinski definition) is 2. The molecule has 0 N–H and O–H groups in total. The van der Waals surface area contributed by atoms with E-state index in [0.29, 0.717) is 0 Å². The van der Waals surface area contributed by atoms with E-state index >= 15 is 0 Å². The highest BCUT2D eigenvalue weighted by molar-refractivity contribution is 6.19. The van der Waals surface area contributed by atoms with Crippen molar-refractivity contribution >= 4 is 17.6 Å². The van der Waals surface area contributed by atoms with Gasteiger partial charge in [-0.25, -0.2) is 0 Å². The number of carbonyl (C=O) groups excluding carboxylic acids is 1. The lowest BCUT2D eigenvalue weighted by Gasteiger charge is -2.02. The van der Waals surface area contributed by atoms with Gasteiger partial charge in [0, 0.05) is 11.4 Å². The topological polar surface area (TPSA) is 26.3 Å². The lowest BCUT2D eigenvalue weighted by Crippen LogP contribution is -2.15. The van der Waals surface area contributed by atoms with Gasteiger partial charge in [0.1, 0.15) is 5.92 Å². The first-order valence-electron chi connectivity index (χ1n) is 4.48. The second-order valence-electron chi connectivity index (χ2n) is 2.87. The van der Waals surface area contributed by atoms with E-state index < -0.39 is 11.9 Å². The number of hydrogen-bond donors (Lipinski definition) is 0. The van der Waals surface area contributed by atoms with Crippen LogP contribution >= 0.6 is 11.6 Å². The van der Waals surface area contributed by atoms with Crippen LogP contribution in [0.1, 0.15) is 5.56 Å². The molecule has 0 saturated carbocycles. The third-order valence-corrected chi connectivity index (χ3v) is 2.11. The average molecular weight is 223 g/mol. The van der Waals surface area contributed by atoms with E-state index in [2.05, 4.69) is 16.6 Å². The van der Waals surface area contributed by atoms with Gasteiger partial charge in [0.25, 0.3) is 0 Å². The fourth-order valence-corrected chi connectivity index (χ4v) is 1.20. The standard InChI is InChI=1S/C12H11ClO2/c1-15-12(14)11(9-13)8-7-10-5-3-2-4-6-10/h2-6,11H,9H2,1H3. The molecule has 15 heavy (non-hydrogen) atoms. The molecule has 0 aromatic heterocycles. The number of methoxy groups -OCH3 is 1. The molecule has 2 nitrogen and oxygen atoms in total. The van der Waals surface area contributed by atoms with Crippen LogP contribution in [0.15, 0.2) is 30.3 Å². The molecule has 0 fully saturated rings. The van der Waals surface area contributed by atoms with Gasteiger partial charge in [-0.1, -0.05) is 30.0 Å². The van der Waals surface area contributed by atoms with E-state index in [1.165, 1.54) is 7.11 Å². The minimum absolute atomic E-state index is 0.145. The molecule has 0 spiro atoms. The molecule has 1 aromatic rings. The van der Waals surface area contributed by atoms with Gasteiger partial charge in [-0.3, -0.25) is 4.79 Å². The van der Waals surface area contributed by atoms with Gasteiger partial charge in [0.05, 0.1) is 7.11 Å². The summed E-state index contributed by atoms with van der Waals surface area (Å²) in [6, 6.07) is 9.42. The Kier molecular flexibility index (Phi) is 4.73. The van der Waals surface area contributed by atoms with E-state index in [9.17, 15) is 4.79 Å². The average Bonchev–Trinajstić information content (AvgIpc) is 2.31. The number of benzene rings is 1. The summed E-state index contributed by atoms with van der Waals surface area (Å²) < 4.78 is 4.57. The van der Waals surface area contributed by atoms with Crippen molar-refractivity contribution in [1.29, 1.82) is 0 Å². The molecule has 0 saturated heterocycles. The van der Waals surface area contributed by atoms with Crippen LogP contribution in [0, 0.1) is 17.8 Å². The minimum atomic E-state index is -0.558. The molecule has 3 heteroatoms. The summed E-state index contributed by atoms with van der Waals surface area (Å²) in [6.07, 6.45) is 0. The van der Waals surface area contributed by atoms with Crippen LogP contribution in [0.5, 0.6) is 0 Å². The molecule has 0 amide bonds. The number of rotatable bonds is 2. The number of ether oxygens (including phenoxy) is 1. The van der Waals surface area contributed by atoms with Gasteiger partial charge < -0.3 is 4.74 Å². The number of halogens is 1. The van der Waals surface area contributed by atoms with Crippen LogP contribution in [-0.2, 0) is 9.53 Å². The molecular weight excluding hydrogens is 212 g/mol. The first-order valence-corrected chi connectivity index (χ1v) is 5.01. The Labute approximate surface area is 94.2 Å². The molecule has 1 unspecified atom stereocenters. The Morgan fingerprint density at radius 2 is 2.13 bits per heavy atom. The third kappa shape index (κ3) is 3.65.